The van der Waals surface area contributed by atoms with E-state index in [2.05, 4.69) is 5.32 Å². The van der Waals surface area contributed by atoms with Crippen LogP contribution in [0.5, 0.6) is 5.75 Å². The summed E-state index contributed by atoms with van der Waals surface area (Å²) in [5, 5.41) is 11.7. The highest BCUT2D eigenvalue weighted by molar-refractivity contribution is 5.80. The van der Waals surface area contributed by atoms with Gasteiger partial charge in [-0.2, -0.15) is 0 Å². The summed E-state index contributed by atoms with van der Waals surface area (Å²) in [5.41, 5.74) is 0. The van der Waals surface area contributed by atoms with Gasteiger partial charge in [-0.1, -0.05) is 6.92 Å². The van der Waals surface area contributed by atoms with Crippen LogP contribution in [0.2, 0.25) is 0 Å². The zero-order valence-electron chi connectivity index (χ0n) is 11.9. The molecule has 0 fully saturated rings. The number of aliphatic hydroxyl groups is 1. The van der Waals surface area contributed by atoms with Gasteiger partial charge in [0.1, 0.15) is 11.6 Å². The number of amides is 1. The lowest BCUT2D eigenvalue weighted by Crippen LogP contribution is -2.36. The van der Waals surface area contributed by atoms with Crippen LogP contribution in [0.3, 0.4) is 0 Å². The average Bonchev–Trinajstić information content (AvgIpc) is 2.45. The molecule has 1 aromatic rings. The quantitative estimate of drug-likeness (QED) is 0.718. The number of hydrogen-bond donors (Lipinski definition) is 2. The van der Waals surface area contributed by atoms with Gasteiger partial charge < -0.3 is 15.2 Å². The Morgan fingerprint density at radius 2 is 2.00 bits per heavy atom. The van der Waals surface area contributed by atoms with E-state index in [-0.39, 0.29) is 24.2 Å². The van der Waals surface area contributed by atoms with Crippen molar-refractivity contribution in [2.75, 3.05) is 13.2 Å². The third-order valence-corrected chi connectivity index (χ3v) is 2.98. The fourth-order valence-electron chi connectivity index (χ4n) is 1.67. The van der Waals surface area contributed by atoms with E-state index in [9.17, 15) is 9.18 Å². The van der Waals surface area contributed by atoms with E-state index in [1.54, 1.807) is 6.92 Å². The number of halogens is 1. The first-order chi connectivity index (χ1) is 9.52. The number of nitrogens with one attached hydrogen (secondary N) is 1. The summed E-state index contributed by atoms with van der Waals surface area (Å²) in [4.78, 5) is 11.8. The number of aliphatic hydroxyl groups excluding tert-OH is 1. The molecular formula is C15H22FNO3. The Labute approximate surface area is 119 Å². The molecule has 0 bridgehead atoms. The SMILES string of the molecule is CC(CO)CCCNC(=O)C(C)Oc1ccc(F)cc1. The van der Waals surface area contributed by atoms with Gasteiger partial charge in [-0.15, -0.1) is 0 Å². The van der Waals surface area contributed by atoms with Gasteiger partial charge in [0.05, 0.1) is 0 Å². The molecule has 20 heavy (non-hydrogen) atoms. The highest BCUT2D eigenvalue weighted by Gasteiger charge is 2.14. The van der Waals surface area contributed by atoms with E-state index >= 15 is 0 Å². The zero-order valence-corrected chi connectivity index (χ0v) is 11.9. The van der Waals surface area contributed by atoms with E-state index in [1.165, 1.54) is 24.3 Å². The van der Waals surface area contributed by atoms with Gasteiger partial charge in [0, 0.05) is 13.2 Å². The van der Waals surface area contributed by atoms with Crippen LogP contribution >= 0.6 is 0 Å². The first kappa shape index (κ1) is 16.4. The predicted octanol–water partition coefficient (Wildman–Crippen LogP) is 2.12. The van der Waals surface area contributed by atoms with Crippen molar-refractivity contribution in [3.8, 4) is 5.75 Å². The third-order valence-electron chi connectivity index (χ3n) is 2.98. The first-order valence-electron chi connectivity index (χ1n) is 6.83. The summed E-state index contributed by atoms with van der Waals surface area (Å²) in [7, 11) is 0. The molecule has 2 unspecified atom stereocenters. The van der Waals surface area contributed by atoms with Gasteiger partial charge in [-0.05, 0) is 49.9 Å². The molecule has 1 amide bonds. The van der Waals surface area contributed by atoms with E-state index in [0.29, 0.717) is 12.3 Å². The minimum Gasteiger partial charge on any atom is -0.481 e. The lowest BCUT2D eigenvalue weighted by molar-refractivity contribution is -0.127. The summed E-state index contributed by atoms with van der Waals surface area (Å²) >= 11 is 0. The Bertz CT molecular complexity index is 408. The van der Waals surface area contributed by atoms with Crippen molar-refractivity contribution in [3.63, 3.8) is 0 Å². The van der Waals surface area contributed by atoms with E-state index in [0.717, 1.165) is 12.8 Å². The van der Waals surface area contributed by atoms with Crippen LogP contribution in [0, 0.1) is 11.7 Å². The molecule has 0 saturated heterocycles. The Morgan fingerprint density at radius 3 is 2.60 bits per heavy atom. The third kappa shape index (κ3) is 6.02. The summed E-state index contributed by atoms with van der Waals surface area (Å²) in [6.45, 7) is 4.33. The molecule has 1 rings (SSSR count). The molecule has 0 radical (unpaired) electrons. The second-order valence-corrected chi connectivity index (χ2v) is 4.94. The summed E-state index contributed by atoms with van der Waals surface area (Å²) in [5.74, 6) is 0.168. The summed E-state index contributed by atoms with van der Waals surface area (Å²) in [6.07, 6.45) is 1.05. The summed E-state index contributed by atoms with van der Waals surface area (Å²) in [6, 6.07) is 5.55. The normalized spacial score (nSPS) is 13.6. The van der Waals surface area contributed by atoms with Crippen molar-refractivity contribution < 1.29 is 19.0 Å². The second-order valence-electron chi connectivity index (χ2n) is 4.94. The van der Waals surface area contributed by atoms with E-state index < -0.39 is 6.10 Å². The molecule has 2 N–H and O–H groups in total. The summed E-state index contributed by atoms with van der Waals surface area (Å²) < 4.78 is 18.1. The topological polar surface area (TPSA) is 58.6 Å². The maximum atomic E-state index is 12.7. The van der Waals surface area contributed by atoms with Crippen LogP contribution in [0.15, 0.2) is 24.3 Å². The Balaban J connectivity index is 2.27. The van der Waals surface area contributed by atoms with Gasteiger partial charge in [0.25, 0.3) is 5.91 Å². The highest BCUT2D eigenvalue weighted by atomic mass is 19.1. The minimum absolute atomic E-state index is 0.165. The van der Waals surface area contributed by atoms with Crippen LogP contribution in [0.4, 0.5) is 4.39 Å². The van der Waals surface area contributed by atoms with Gasteiger partial charge in [0.15, 0.2) is 6.10 Å². The Kier molecular flexibility index (Phi) is 7.01. The van der Waals surface area contributed by atoms with Crippen molar-refractivity contribution in [1.82, 2.24) is 5.32 Å². The Hall–Kier alpha value is -1.62. The number of carbonyl (C=O) groups is 1. The lowest BCUT2D eigenvalue weighted by Gasteiger charge is -2.15. The van der Waals surface area contributed by atoms with Crippen LogP contribution in [-0.4, -0.2) is 30.3 Å². The molecule has 0 aliphatic rings. The molecule has 112 valence electrons. The smallest absolute Gasteiger partial charge is 0.260 e. The van der Waals surface area contributed by atoms with Crippen molar-refractivity contribution in [2.45, 2.75) is 32.8 Å². The Morgan fingerprint density at radius 1 is 1.35 bits per heavy atom. The van der Waals surface area contributed by atoms with Crippen molar-refractivity contribution in [3.05, 3.63) is 30.1 Å². The van der Waals surface area contributed by atoms with E-state index in [4.69, 9.17) is 9.84 Å². The molecule has 0 saturated carbocycles. The zero-order chi connectivity index (χ0) is 15.0. The number of rotatable bonds is 8. The predicted molar refractivity (Wildman–Crippen MR) is 75.0 cm³/mol. The fourth-order valence-corrected chi connectivity index (χ4v) is 1.67. The van der Waals surface area contributed by atoms with Crippen LogP contribution in [0.1, 0.15) is 26.7 Å². The fraction of sp³-hybridized carbons (Fsp3) is 0.533. The van der Waals surface area contributed by atoms with Gasteiger partial charge in [-0.3, -0.25) is 4.79 Å². The largest absolute Gasteiger partial charge is 0.481 e. The van der Waals surface area contributed by atoms with Gasteiger partial charge >= 0.3 is 0 Å². The van der Waals surface area contributed by atoms with Crippen LogP contribution < -0.4 is 10.1 Å². The monoisotopic (exact) mass is 283 g/mol. The first-order valence-corrected chi connectivity index (χ1v) is 6.83. The molecule has 0 heterocycles. The molecule has 0 spiro atoms. The number of ether oxygens (including phenoxy) is 1. The lowest BCUT2D eigenvalue weighted by atomic mass is 10.1. The van der Waals surface area contributed by atoms with Crippen LogP contribution in [0.25, 0.3) is 0 Å². The average molecular weight is 283 g/mol. The van der Waals surface area contributed by atoms with Crippen LogP contribution in [-0.2, 0) is 4.79 Å². The molecule has 0 aliphatic carbocycles. The molecule has 0 aliphatic heterocycles. The molecule has 2 atom stereocenters. The second kappa shape index (κ2) is 8.53. The molecular weight excluding hydrogens is 261 g/mol. The minimum atomic E-state index is -0.629. The van der Waals surface area contributed by atoms with Crippen molar-refractivity contribution in [1.29, 1.82) is 0 Å². The molecule has 4 nitrogen and oxygen atoms in total. The molecule has 0 aromatic heterocycles. The standard InChI is InChI=1S/C15H22FNO3/c1-11(10-18)4-3-9-17-15(19)12(2)20-14-7-5-13(16)6-8-14/h5-8,11-12,18H,3-4,9-10H2,1-2H3,(H,17,19). The van der Waals surface area contributed by atoms with Crippen molar-refractivity contribution >= 4 is 5.91 Å². The van der Waals surface area contributed by atoms with Gasteiger partial charge in [0.2, 0.25) is 0 Å². The highest BCUT2D eigenvalue weighted by Crippen LogP contribution is 2.13. The van der Waals surface area contributed by atoms with E-state index in [1.807, 2.05) is 6.92 Å². The number of benzene rings is 1. The maximum Gasteiger partial charge on any atom is 0.260 e. The maximum absolute atomic E-state index is 12.7. The van der Waals surface area contributed by atoms with Gasteiger partial charge in [-0.25, -0.2) is 4.39 Å². The molecule has 1 aromatic carbocycles. The number of hydrogen-bond acceptors (Lipinski definition) is 3. The number of carbonyl (C=O) groups excluding carboxylic acids is 1. The molecule has 5 heteroatoms. The van der Waals surface area contributed by atoms with Crippen molar-refractivity contribution in [2.24, 2.45) is 5.92 Å².